The Morgan fingerprint density at radius 2 is 2.04 bits per heavy atom. The summed E-state index contributed by atoms with van der Waals surface area (Å²) in [6, 6.07) is 6.25. The Kier molecular flexibility index (Phi) is 6.11. The van der Waals surface area contributed by atoms with Crippen molar-refractivity contribution in [1.82, 2.24) is 15.1 Å². The number of rotatable bonds is 4. The van der Waals surface area contributed by atoms with Gasteiger partial charge in [0.2, 0.25) is 11.8 Å². The van der Waals surface area contributed by atoms with Gasteiger partial charge in [-0.05, 0) is 37.6 Å². The molecule has 0 spiro atoms. The quantitative estimate of drug-likeness (QED) is 0.855. The number of carbonyl (C=O) groups excluding carboxylic acids is 2. The lowest BCUT2D eigenvalue weighted by molar-refractivity contribution is -0.136. The van der Waals surface area contributed by atoms with Crippen LogP contribution in [0.2, 0.25) is 0 Å². The van der Waals surface area contributed by atoms with Crippen LogP contribution < -0.4 is 5.32 Å². The van der Waals surface area contributed by atoms with Gasteiger partial charge in [-0.1, -0.05) is 12.1 Å². The number of benzene rings is 1. The summed E-state index contributed by atoms with van der Waals surface area (Å²) in [7, 11) is 1.90. The minimum atomic E-state index is -0.368. The number of carbonyl (C=O) groups is 2. The van der Waals surface area contributed by atoms with Crippen molar-refractivity contribution in [3.63, 3.8) is 0 Å². The van der Waals surface area contributed by atoms with E-state index in [-0.39, 0.29) is 29.1 Å². The molecular formula is C20H28FN3O3. The molecule has 2 heterocycles. The highest BCUT2D eigenvalue weighted by Crippen LogP contribution is 2.34. The molecule has 2 fully saturated rings. The molecule has 6 nitrogen and oxygen atoms in total. The average molecular weight is 377 g/mol. The fraction of sp³-hybridized carbons (Fsp3) is 0.600. The largest absolute Gasteiger partial charge is 0.381 e. The van der Waals surface area contributed by atoms with E-state index in [0.717, 1.165) is 18.4 Å². The lowest BCUT2D eigenvalue weighted by atomic mass is 9.74. The maximum atomic E-state index is 13.8. The van der Waals surface area contributed by atoms with Crippen LogP contribution in [0.5, 0.6) is 0 Å². The molecule has 0 aromatic heterocycles. The predicted octanol–water partition coefficient (Wildman–Crippen LogP) is 1.15. The first-order chi connectivity index (χ1) is 12.9. The summed E-state index contributed by atoms with van der Waals surface area (Å²) in [5, 5.41) is 3.07. The average Bonchev–Trinajstić information content (AvgIpc) is 2.67. The Bertz CT molecular complexity index is 691. The van der Waals surface area contributed by atoms with Crippen molar-refractivity contribution >= 4 is 11.8 Å². The molecule has 0 bridgehead atoms. The first-order valence-electron chi connectivity index (χ1n) is 9.48. The summed E-state index contributed by atoms with van der Waals surface area (Å²) in [5.74, 6) is -0.374. The van der Waals surface area contributed by atoms with E-state index in [1.807, 2.05) is 18.0 Å². The van der Waals surface area contributed by atoms with Crippen molar-refractivity contribution in [1.29, 1.82) is 0 Å². The van der Waals surface area contributed by atoms with Gasteiger partial charge in [-0.2, -0.15) is 0 Å². The van der Waals surface area contributed by atoms with Crippen molar-refractivity contribution in [3.05, 3.63) is 35.6 Å². The van der Waals surface area contributed by atoms with Crippen LogP contribution in [0.15, 0.2) is 24.3 Å². The summed E-state index contributed by atoms with van der Waals surface area (Å²) in [6.45, 7) is 4.85. The zero-order chi connectivity index (χ0) is 19.4. The second-order valence-corrected chi connectivity index (χ2v) is 7.58. The number of likely N-dealkylation sites (N-methyl/N-ethyl adjacent to an activating group) is 1. The lowest BCUT2D eigenvalue weighted by Crippen LogP contribution is -2.59. The molecule has 27 heavy (non-hydrogen) atoms. The lowest BCUT2D eigenvalue weighted by Gasteiger charge is -2.40. The molecular weight excluding hydrogens is 349 g/mol. The maximum absolute atomic E-state index is 13.8. The Labute approximate surface area is 159 Å². The third-order valence-electron chi connectivity index (χ3n) is 5.88. The zero-order valence-corrected chi connectivity index (χ0v) is 16.0. The fourth-order valence-corrected chi connectivity index (χ4v) is 3.96. The van der Waals surface area contributed by atoms with Crippen LogP contribution in [-0.4, -0.2) is 74.1 Å². The predicted molar refractivity (Wildman–Crippen MR) is 99.8 cm³/mol. The van der Waals surface area contributed by atoms with E-state index in [1.54, 1.807) is 17.0 Å². The van der Waals surface area contributed by atoms with E-state index in [0.29, 0.717) is 39.4 Å². The van der Waals surface area contributed by atoms with E-state index >= 15 is 0 Å². The van der Waals surface area contributed by atoms with E-state index in [9.17, 15) is 14.0 Å². The van der Waals surface area contributed by atoms with Crippen molar-refractivity contribution < 1.29 is 18.7 Å². The number of nitrogens with one attached hydrogen (secondary N) is 1. The molecule has 1 atom stereocenters. The second-order valence-electron chi connectivity index (χ2n) is 7.58. The summed E-state index contributed by atoms with van der Waals surface area (Å²) in [5.41, 5.74) is 0.567. The van der Waals surface area contributed by atoms with Gasteiger partial charge in [0.15, 0.2) is 0 Å². The highest BCUT2D eigenvalue weighted by atomic mass is 19.1. The summed E-state index contributed by atoms with van der Waals surface area (Å²) >= 11 is 0. The Hall–Kier alpha value is -1.99. The van der Waals surface area contributed by atoms with Gasteiger partial charge < -0.3 is 15.0 Å². The van der Waals surface area contributed by atoms with Crippen molar-refractivity contribution in [3.8, 4) is 0 Å². The molecule has 1 unspecified atom stereocenters. The molecule has 1 N–H and O–H groups in total. The van der Waals surface area contributed by atoms with E-state index in [4.69, 9.17) is 4.74 Å². The van der Waals surface area contributed by atoms with Crippen LogP contribution in [-0.2, 0) is 19.7 Å². The van der Waals surface area contributed by atoms with Gasteiger partial charge in [0, 0.05) is 51.7 Å². The molecule has 0 aliphatic carbocycles. The Morgan fingerprint density at radius 1 is 1.30 bits per heavy atom. The maximum Gasteiger partial charge on any atom is 0.239 e. The van der Waals surface area contributed by atoms with Crippen molar-refractivity contribution in [2.24, 2.45) is 0 Å². The van der Waals surface area contributed by atoms with Crippen LogP contribution in [0.25, 0.3) is 0 Å². The highest BCUT2D eigenvalue weighted by Gasteiger charge is 2.37. The molecule has 0 radical (unpaired) electrons. The van der Waals surface area contributed by atoms with Crippen LogP contribution in [0.1, 0.15) is 25.3 Å². The molecule has 3 rings (SSSR count). The zero-order valence-electron chi connectivity index (χ0n) is 16.0. The minimum Gasteiger partial charge on any atom is -0.381 e. The molecule has 1 aromatic rings. The van der Waals surface area contributed by atoms with E-state index < -0.39 is 0 Å². The van der Waals surface area contributed by atoms with E-state index in [2.05, 4.69) is 5.32 Å². The molecule has 148 valence electrons. The van der Waals surface area contributed by atoms with Gasteiger partial charge in [0.25, 0.3) is 0 Å². The van der Waals surface area contributed by atoms with Crippen molar-refractivity contribution in [2.45, 2.75) is 31.2 Å². The van der Waals surface area contributed by atoms with Gasteiger partial charge in [0.1, 0.15) is 11.9 Å². The van der Waals surface area contributed by atoms with Crippen LogP contribution in [0.4, 0.5) is 4.39 Å². The van der Waals surface area contributed by atoms with Gasteiger partial charge >= 0.3 is 0 Å². The summed E-state index contributed by atoms with van der Waals surface area (Å²) in [4.78, 5) is 28.2. The van der Waals surface area contributed by atoms with Gasteiger partial charge in [0.05, 0.1) is 0 Å². The number of hydrogen-bond acceptors (Lipinski definition) is 4. The van der Waals surface area contributed by atoms with E-state index in [1.165, 1.54) is 13.0 Å². The SMILES string of the molecule is CC(=O)N1CCN(C)C(C(=O)NCC2(c3cccc(F)c3)CCOCC2)C1. The minimum absolute atomic E-state index is 0.0124. The van der Waals surface area contributed by atoms with Gasteiger partial charge in [-0.3, -0.25) is 14.5 Å². The highest BCUT2D eigenvalue weighted by molar-refractivity contribution is 5.83. The molecule has 2 saturated heterocycles. The van der Waals surface area contributed by atoms with Crippen LogP contribution in [0, 0.1) is 5.82 Å². The van der Waals surface area contributed by atoms with Crippen LogP contribution >= 0.6 is 0 Å². The summed E-state index contributed by atoms with van der Waals surface area (Å²) in [6.07, 6.45) is 1.47. The third-order valence-corrected chi connectivity index (χ3v) is 5.88. The number of nitrogens with zero attached hydrogens (tertiary/aromatic N) is 2. The number of ether oxygens (including phenoxy) is 1. The molecule has 1 aromatic carbocycles. The molecule has 2 aliphatic rings. The first-order valence-corrected chi connectivity index (χ1v) is 9.48. The molecule has 7 heteroatoms. The fourth-order valence-electron chi connectivity index (χ4n) is 3.96. The third kappa shape index (κ3) is 4.47. The Balaban J connectivity index is 1.71. The Morgan fingerprint density at radius 3 is 2.70 bits per heavy atom. The number of hydrogen-bond donors (Lipinski definition) is 1. The van der Waals surface area contributed by atoms with Gasteiger partial charge in [-0.15, -0.1) is 0 Å². The summed E-state index contributed by atoms with van der Waals surface area (Å²) < 4.78 is 19.3. The molecule has 2 amide bonds. The number of piperazine rings is 1. The number of halogens is 1. The smallest absolute Gasteiger partial charge is 0.239 e. The number of amides is 2. The van der Waals surface area contributed by atoms with Crippen LogP contribution in [0.3, 0.4) is 0 Å². The van der Waals surface area contributed by atoms with Crippen molar-refractivity contribution in [2.75, 3.05) is 46.4 Å². The normalized spacial score (nSPS) is 23.1. The molecule has 2 aliphatic heterocycles. The van der Waals surface area contributed by atoms with Gasteiger partial charge in [-0.25, -0.2) is 4.39 Å². The molecule has 0 saturated carbocycles. The first kappa shape index (κ1) is 19.8. The standard InChI is InChI=1S/C20H28FN3O3/c1-15(25)24-9-8-23(2)18(13-24)19(26)22-14-20(6-10-27-11-7-20)16-4-3-5-17(21)12-16/h3-5,12,18H,6-11,13-14H2,1-2H3,(H,22,26). The second kappa shape index (κ2) is 8.35. The topological polar surface area (TPSA) is 61.9 Å². The monoisotopic (exact) mass is 377 g/mol.